The first-order valence-corrected chi connectivity index (χ1v) is 9.58. The molecule has 1 heterocycles. The molecule has 2 rings (SSSR count). The minimum atomic E-state index is -0.581. The molecule has 4 N–H and O–H groups in total. The van der Waals surface area contributed by atoms with Crippen molar-refractivity contribution in [2.45, 2.75) is 39.2 Å². The number of benzene rings is 1. The molecule has 1 saturated heterocycles. The lowest BCUT2D eigenvalue weighted by molar-refractivity contribution is 0.0164. The molecule has 0 radical (unpaired) electrons. The Labute approximate surface area is 175 Å². The second-order valence-electron chi connectivity index (χ2n) is 7.94. The van der Waals surface area contributed by atoms with Gasteiger partial charge in [-0.15, -0.1) is 0 Å². The van der Waals surface area contributed by atoms with Crippen molar-refractivity contribution < 1.29 is 18.7 Å². The van der Waals surface area contributed by atoms with Crippen LogP contribution in [0.5, 0.6) is 5.75 Å². The standard InChI is InChI=1S/C20H27FN6O3/c1-20(2,3)30-19(28)27-9-7-13(8-10-27)12-29-17-14(21)5-4-6-15(17)25-26-16(11-22)18(23)24/h4-6,13,25H,7-10,12H2,1-3H3,(H3,23,24)/b26-16+. The second kappa shape index (κ2) is 9.91. The lowest BCUT2D eigenvalue weighted by Crippen LogP contribution is -2.42. The third kappa shape index (κ3) is 6.62. The molecule has 0 saturated carbocycles. The van der Waals surface area contributed by atoms with Gasteiger partial charge in [0.2, 0.25) is 5.71 Å². The number of anilines is 1. The van der Waals surface area contributed by atoms with Gasteiger partial charge < -0.3 is 20.1 Å². The number of amides is 1. The summed E-state index contributed by atoms with van der Waals surface area (Å²) in [6, 6.07) is 5.95. The first-order valence-electron chi connectivity index (χ1n) is 9.58. The van der Waals surface area contributed by atoms with Gasteiger partial charge in [-0.05, 0) is 51.7 Å². The van der Waals surface area contributed by atoms with Gasteiger partial charge in [-0.2, -0.15) is 10.4 Å². The fourth-order valence-electron chi connectivity index (χ4n) is 2.82. The van der Waals surface area contributed by atoms with E-state index in [0.717, 1.165) is 0 Å². The molecular weight excluding hydrogens is 391 g/mol. The van der Waals surface area contributed by atoms with E-state index in [9.17, 15) is 9.18 Å². The first kappa shape index (κ1) is 22.9. The van der Waals surface area contributed by atoms with Crippen LogP contribution in [0.4, 0.5) is 14.9 Å². The Morgan fingerprint density at radius 2 is 2.10 bits per heavy atom. The number of ether oxygens (including phenoxy) is 2. The van der Waals surface area contributed by atoms with E-state index in [1.54, 1.807) is 17.0 Å². The van der Waals surface area contributed by atoms with E-state index >= 15 is 0 Å². The molecule has 1 amide bonds. The lowest BCUT2D eigenvalue weighted by atomic mass is 9.98. The Bertz CT molecular complexity index is 851. The van der Waals surface area contributed by atoms with Crippen molar-refractivity contribution in [3.05, 3.63) is 24.0 Å². The smallest absolute Gasteiger partial charge is 0.410 e. The van der Waals surface area contributed by atoms with Gasteiger partial charge >= 0.3 is 6.09 Å². The van der Waals surface area contributed by atoms with Gasteiger partial charge in [-0.1, -0.05) is 6.07 Å². The number of piperidine rings is 1. The van der Waals surface area contributed by atoms with Gasteiger partial charge in [0.05, 0.1) is 6.61 Å². The number of nitrogens with zero attached hydrogens (tertiary/aromatic N) is 3. The Hall–Kier alpha value is -3.35. The van der Waals surface area contributed by atoms with Crippen molar-refractivity contribution in [2.24, 2.45) is 16.8 Å². The Morgan fingerprint density at radius 1 is 1.43 bits per heavy atom. The number of nitrogens with two attached hydrogens (primary N) is 1. The molecule has 1 aliphatic heterocycles. The van der Waals surface area contributed by atoms with Crippen LogP contribution >= 0.6 is 0 Å². The van der Waals surface area contributed by atoms with E-state index in [2.05, 4.69) is 10.5 Å². The number of hydrazone groups is 1. The number of para-hydroxylation sites is 1. The summed E-state index contributed by atoms with van der Waals surface area (Å²) in [5.74, 6) is -0.966. The van der Waals surface area contributed by atoms with Crippen LogP contribution in [0.2, 0.25) is 0 Å². The molecule has 0 unspecified atom stereocenters. The average Bonchev–Trinajstić information content (AvgIpc) is 2.66. The highest BCUT2D eigenvalue weighted by Crippen LogP contribution is 2.29. The molecule has 30 heavy (non-hydrogen) atoms. The van der Waals surface area contributed by atoms with Gasteiger partial charge in [0.15, 0.2) is 17.4 Å². The van der Waals surface area contributed by atoms with Crippen LogP contribution in [0.1, 0.15) is 33.6 Å². The molecule has 10 heteroatoms. The molecule has 9 nitrogen and oxygen atoms in total. The highest BCUT2D eigenvalue weighted by Gasteiger charge is 2.27. The SMILES string of the molecule is CC(C)(C)OC(=O)N1CCC(COc2c(F)cccc2N/N=C(\C#N)C(=N)N)CC1. The number of rotatable bonds is 6. The first-order chi connectivity index (χ1) is 14.1. The Balaban J connectivity index is 1.95. The molecule has 0 aliphatic carbocycles. The number of hydrogen-bond donors (Lipinski definition) is 3. The van der Waals surface area contributed by atoms with Crippen LogP contribution in [0, 0.1) is 28.5 Å². The number of halogens is 1. The van der Waals surface area contributed by atoms with Crippen LogP contribution in [0.25, 0.3) is 0 Å². The van der Waals surface area contributed by atoms with Crippen molar-refractivity contribution in [2.75, 3.05) is 25.1 Å². The lowest BCUT2D eigenvalue weighted by Gasteiger charge is -2.33. The summed E-state index contributed by atoms with van der Waals surface area (Å²) in [7, 11) is 0. The average molecular weight is 418 g/mol. The molecule has 1 aromatic carbocycles. The van der Waals surface area contributed by atoms with Crippen molar-refractivity contribution in [1.29, 1.82) is 10.7 Å². The van der Waals surface area contributed by atoms with Gasteiger partial charge in [0.1, 0.15) is 17.4 Å². The summed E-state index contributed by atoms with van der Waals surface area (Å²) < 4.78 is 25.4. The molecule has 0 atom stereocenters. The van der Waals surface area contributed by atoms with E-state index < -0.39 is 17.3 Å². The van der Waals surface area contributed by atoms with Gasteiger partial charge in [0.25, 0.3) is 0 Å². The zero-order valence-electron chi connectivity index (χ0n) is 17.4. The van der Waals surface area contributed by atoms with E-state index in [4.69, 9.17) is 25.9 Å². The van der Waals surface area contributed by atoms with E-state index in [1.807, 2.05) is 20.8 Å². The predicted molar refractivity (Wildman–Crippen MR) is 111 cm³/mol. The molecule has 0 aromatic heterocycles. The second-order valence-corrected chi connectivity index (χ2v) is 7.94. The van der Waals surface area contributed by atoms with Crippen LogP contribution in [-0.4, -0.2) is 47.8 Å². The number of nitrogens with one attached hydrogen (secondary N) is 2. The number of carbonyl (C=O) groups is 1. The molecule has 0 bridgehead atoms. The van der Waals surface area contributed by atoms with Crippen LogP contribution in [0.15, 0.2) is 23.3 Å². The van der Waals surface area contributed by atoms with Crippen molar-refractivity contribution in [3.8, 4) is 11.8 Å². The summed E-state index contributed by atoms with van der Waals surface area (Å²) in [6.07, 6.45) is 1.08. The largest absolute Gasteiger partial charge is 0.488 e. The van der Waals surface area contributed by atoms with Crippen LogP contribution in [-0.2, 0) is 4.74 Å². The number of amidine groups is 1. The summed E-state index contributed by atoms with van der Waals surface area (Å²) in [4.78, 5) is 13.8. The summed E-state index contributed by atoms with van der Waals surface area (Å²) in [5.41, 5.74) is 7.14. The molecule has 162 valence electrons. The Kier molecular flexibility index (Phi) is 7.58. The molecule has 1 aliphatic rings. The van der Waals surface area contributed by atoms with Crippen molar-refractivity contribution >= 4 is 23.3 Å². The van der Waals surface area contributed by atoms with Crippen LogP contribution < -0.4 is 15.9 Å². The van der Waals surface area contributed by atoms with Gasteiger partial charge in [-0.3, -0.25) is 10.8 Å². The number of hydrogen-bond acceptors (Lipinski definition) is 7. The Morgan fingerprint density at radius 3 is 2.67 bits per heavy atom. The minimum Gasteiger partial charge on any atom is -0.488 e. The maximum absolute atomic E-state index is 14.3. The quantitative estimate of drug-likeness (QED) is 0.369. The zero-order valence-corrected chi connectivity index (χ0v) is 17.4. The fraction of sp³-hybridized carbons (Fsp3) is 0.500. The number of nitriles is 1. The third-order valence-electron chi connectivity index (χ3n) is 4.35. The fourth-order valence-corrected chi connectivity index (χ4v) is 2.82. The summed E-state index contributed by atoms with van der Waals surface area (Å²) in [5, 5.41) is 19.9. The maximum Gasteiger partial charge on any atom is 0.410 e. The monoisotopic (exact) mass is 418 g/mol. The van der Waals surface area contributed by atoms with E-state index in [0.29, 0.717) is 25.9 Å². The minimum absolute atomic E-state index is 0.0309. The van der Waals surface area contributed by atoms with Gasteiger partial charge in [-0.25, -0.2) is 9.18 Å². The third-order valence-corrected chi connectivity index (χ3v) is 4.35. The zero-order chi connectivity index (χ0) is 22.3. The maximum atomic E-state index is 14.3. The summed E-state index contributed by atoms with van der Waals surface area (Å²) >= 11 is 0. The highest BCUT2D eigenvalue weighted by molar-refractivity contribution is 6.45. The normalized spacial score (nSPS) is 15.3. The number of likely N-dealkylation sites (tertiary alicyclic amines) is 1. The predicted octanol–water partition coefficient (Wildman–Crippen LogP) is 3.08. The highest BCUT2D eigenvalue weighted by atomic mass is 19.1. The molecular formula is C20H27FN6O3. The summed E-state index contributed by atoms with van der Waals surface area (Å²) in [6.45, 7) is 6.82. The molecule has 1 aromatic rings. The topological polar surface area (TPSA) is 137 Å². The number of carbonyl (C=O) groups excluding carboxylic acids is 1. The van der Waals surface area contributed by atoms with E-state index in [1.165, 1.54) is 12.1 Å². The van der Waals surface area contributed by atoms with E-state index in [-0.39, 0.29) is 35.8 Å². The van der Waals surface area contributed by atoms with Crippen molar-refractivity contribution in [3.63, 3.8) is 0 Å². The van der Waals surface area contributed by atoms with Crippen molar-refractivity contribution in [1.82, 2.24) is 4.90 Å². The van der Waals surface area contributed by atoms with Crippen LogP contribution in [0.3, 0.4) is 0 Å². The molecule has 0 spiro atoms. The molecule has 1 fully saturated rings. The van der Waals surface area contributed by atoms with Gasteiger partial charge in [0, 0.05) is 13.1 Å².